The first kappa shape index (κ1) is 18.9. The second kappa shape index (κ2) is 7.41. The number of hydrogen-bond donors (Lipinski definition) is 4. The molecule has 3 rings (SSSR count). The van der Waals surface area contributed by atoms with E-state index in [1.165, 1.54) is 16.7 Å². The SMILES string of the molecule is C=C1Sc2c(OCC=C(C)C)nc(N)nc2N1[C@@H]1O[C@H](CO)[C@@H](O)[C@H]1O. The summed E-state index contributed by atoms with van der Waals surface area (Å²) >= 11 is 1.26. The van der Waals surface area contributed by atoms with Crippen LogP contribution in [-0.4, -0.2) is 63.0 Å². The van der Waals surface area contributed by atoms with Gasteiger partial charge in [0.05, 0.1) is 11.6 Å². The van der Waals surface area contributed by atoms with Crippen molar-refractivity contribution in [3.63, 3.8) is 0 Å². The molecular weight excluding hydrogens is 360 g/mol. The zero-order valence-corrected chi connectivity index (χ0v) is 15.3. The molecule has 142 valence electrons. The lowest BCUT2D eigenvalue weighted by Crippen LogP contribution is -2.42. The van der Waals surface area contributed by atoms with Gasteiger partial charge in [-0.3, -0.25) is 4.90 Å². The number of nitrogens with two attached hydrogens (primary N) is 1. The number of hydrogen-bond acceptors (Lipinski definition) is 10. The average molecular weight is 382 g/mol. The summed E-state index contributed by atoms with van der Waals surface area (Å²) in [6.07, 6.45) is -2.42. The van der Waals surface area contributed by atoms with Crippen LogP contribution in [0.1, 0.15) is 13.8 Å². The Bertz CT molecular complexity index is 740. The second-order valence-corrected chi connectivity index (χ2v) is 7.31. The van der Waals surface area contributed by atoms with Crippen LogP contribution in [0.15, 0.2) is 28.2 Å². The highest BCUT2D eigenvalue weighted by atomic mass is 32.2. The van der Waals surface area contributed by atoms with Gasteiger partial charge < -0.3 is 30.5 Å². The molecule has 1 aromatic rings. The maximum absolute atomic E-state index is 10.3. The fraction of sp³-hybridized carbons (Fsp3) is 0.500. The van der Waals surface area contributed by atoms with Crippen LogP contribution in [0.4, 0.5) is 11.8 Å². The highest BCUT2D eigenvalue weighted by Gasteiger charge is 2.49. The molecule has 0 bridgehead atoms. The largest absolute Gasteiger partial charge is 0.472 e. The average Bonchev–Trinajstić information content (AvgIpc) is 3.04. The summed E-state index contributed by atoms with van der Waals surface area (Å²) in [5.41, 5.74) is 6.91. The smallest absolute Gasteiger partial charge is 0.235 e. The molecule has 26 heavy (non-hydrogen) atoms. The standard InChI is InChI=1S/C16H22N4O5S/c1-7(2)4-5-24-14-12-13(18-16(17)19-14)20(8(3)26-12)15-11(23)10(22)9(6-21)25-15/h4,9-11,15,21-23H,3,5-6H2,1-2H3,(H2,17,18,19)/t9-,10-,11-,15-/m1/s1. The van der Waals surface area contributed by atoms with E-state index >= 15 is 0 Å². The summed E-state index contributed by atoms with van der Waals surface area (Å²) in [7, 11) is 0. The number of thioether (sulfide) groups is 1. The Morgan fingerprint density at radius 2 is 2.12 bits per heavy atom. The van der Waals surface area contributed by atoms with Crippen LogP contribution in [0.5, 0.6) is 5.88 Å². The predicted molar refractivity (Wildman–Crippen MR) is 96.6 cm³/mol. The highest BCUT2D eigenvalue weighted by molar-refractivity contribution is 8.03. The van der Waals surface area contributed by atoms with E-state index in [1.54, 1.807) is 0 Å². The fourth-order valence-corrected chi connectivity index (χ4v) is 3.66. The van der Waals surface area contributed by atoms with Gasteiger partial charge in [-0.05, 0) is 19.9 Å². The minimum absolute atomic E-state index is 0.00277. The van der Waals surface area contributed by atoms with E-state index in [0.717, 1.165) is 5.57 Å². The number of nitrogens with zero attached hydrogens (tertiary/aromatic N) is 3. The predicted octanol–water partition coefficient (Wildman–Crippen LogP) is 0.226. The van der Waals surface area contributed by atoms with Crippen LogP contribution in [0.2, 0.25) is 0 Å². The van der Waals surface area contributed by atoms with E-state index < -0.39 is 31.1 Å². The monoisotopic (exact) mass is 382 g/mol. The number of aromatic nitrogens is 2. The first-order valence-electron chi connectivity index (χ1n) is 8.05. The van der Waals surface area contributed by atoms with Gasteiger partial charge >= 0.3 is 0 Å². The molecule has 0 aliphatic carbocycles. The molecule has 2 aliphatic heterocycles. The maximum Gasteiger partial charge on any atom is 0.235 e. The number of anilines is 2. The quantitative estimate of drug-likeness (QED) is 0.524. The Balaban J connectivity index is 1.92. The van der Waals surface area contributed by atoms with Crippen molar-refractivity contribution in [2.45, 2.75) is 43.3 Å². The third-order valence-electron chi connectivity index (χ3n) is 4.03. The van der Waals surface area contributed by atoms with Crippen molar-refractivity contribution < 1.29 is 24.8 Å². The first-order valence-corrected chi connectivity index (χ1v) is 8.87. The van der Waals surface area contributed by atoms with Gasteiger partial charge in [-0.1, -0.05) is 23.9 Å². The van der Waals surface area contributed by atoms with E-state index in [4.69, 9.17) is 15.2 Å². The van der Waals surface area contributed by atoms with Crippen molar-refractivity contribution in [3.05, 3.63) is 23.3 Å². The summed E-state index contributed by atoms with van der Waals surface area (Å²) in [5, 5.41) is 30.1. The number of nitrogen functional groups attached to an aromatic ring is 1. The number of aliphatic hydroxyl groups excluding tert-OH is 3. The van der Waals surface area contributed by atoms with Gasteiger partial charge in [0, 0.05) is 0 Å². The lowest BCUT2D eigenvalue weighted by molar-refractivity contribution is -0.0205. The molecule has 0 amide bonds. The lowest BCUT2D eigenvalue weighted by atomic mass is 10.1. The van der Waals surface area contributed by atoms with Crippen LogP contribution in [0, 0.1) is 0 Å². The topological polar surface area (TPSA) is 134 Å². The van der Waals surface area contributed by atoms with E-state index in [2.05, 4.69) is 16.5 Å². The molecule has 0 saturated carbocycles. The molecule has 1 fully saturated rings. The van der Waals surface area contributed by atoms with Gasteiger partial charge in [0.2, 0.25) is 11.8 Å². The van der Waals surface area contributed by atoms with Crippen molar-refractivity contribution >= 4 is 23.5 Å². The molecule has 9 nitrogen and oxygen atoms in total. The Morgan fingerprint density at radius 1 is 1.38 bits per heavy atom. The number of aliphatic hydroxyl groups is 3. The van der Waals surface area contributed by atoms with E-state index in [1.807, 2.05) is 19.9 Å². The van der Waals surface area contributed by atoms with Gasteiger partial charge in [-0.2, -0.15) is 9.97 Å². The zero-order chi connectivity index (χ0) is 19.0. The number of fused-ring (bicyclic) bond motifs is 1. The van der Waals surface area contributed by atoms with E-state index in [0.29, 0.717) is 28.2 Å². The van der Waals surface area contributed by atoms with Crippen molar-refractivity contribution in [2.75, 3.05) is 23.8 Å². The van der Waals surface area contributed by atoms with Crippen LogP contribution in [0.3, 0.4) is 0 Å². The molecule has 0 unspecified atom stereocenters. The highest BCUT2D eigenvalue weighted by Crippen LogP contribution is 2.50. The van der Waals surface area contributed by atoms with Gasteiger partial charge in [0.25, 0.3) is 0 Å². The molecule has 1 saturated heterocycles. The molecular formula is C16H22N4O5S. The second-order valence-electron chi connectivity index (χ2n) is 6.23. The zero-order valence-electron chi connectivity index (χ0n) is 14.5. The first-order chi connectivity index (χ1) is 12.3. The molecule has 10 heteroatoms. The van der Waals surface area contributed by atoms with Crippen LogP contribution >= 0.6 is 11.8 Å². The Kier molecular flexibility index (Phi) is 5.39. The van der Waals surface area contributed by atoms with Crippen molar-refractivity contribution in [2.24, 2.45) is 0 Å². The minimum Gasteiger partial charge on any atom is -0.472 e. The summed E-state index contributed by atoms with van der Waals surface area (Å²) in [6, 6.07) is 0. The molecule has 3 heterocycles. The Labute approximate surface area is 155 Å². The molecule has 5 N–H and O–H groups in total. The Hall–Kier alpha value is -1.85. The van der Waals surface area contributed by atoms with Crippen LogP contribution in [0.25, 0.3) is 0 Å². The molecule has 0 radical (unpaired) electrons. The molecule has 2 aliphatic rings. The lowest BCUT2D eigenvalue weighted by Gasteiger charge is -2.27. The third kappa shape index (κ3) is 3.38. The van der Waals surface area contributed by atoms with Crippen molar-refractivity contribution in [1.29, 1.82) is 0 Å². The molecule has 0 spiro atoms. The number of allylic oxidation sites excluding steroid dienone is 1. The summed E-state index contributed by atoms with van der Waals surface area (Å²) in [4.78, 5) is 10.5. The summed E-state index contributed by atoms with van der Waals surface area (Å²) < 4.78 is 11.3. The number of ether oxygens (including phenoxy) is 2. The van der Waals surface area contributed by atoms with Crippen molar-refractivity contribution in [1.82, 2.24) is 9.97 Å². The maximum atomic E-state index is 10.3. The van der Waals surface area contributed by atoms with Crippen LogP contribution < -0.4 is 15.4 Å². The van der Waals surface area contributed by atoms with Gasteiger partial charge in [0.15, 0.2) is 12.0 Å². The van der Waals surface area contributed by atoms with Gasteiger partial charge in [0.1, 0.15) is 29.8 Å². The molecule has 4 atom stereocenters. The summed E-state index contributed by atoms with van der Waals surface area (Å²) in [5.74, 6) is 0.697. The minimum atomic E-state index is -1.25. The van der Waals surface area contributed by atoms with Crippen LogP contribution in [-0.2, 0) is 4.74 Å². The van der Waals surface area contributed by atoms with Crippen molar-refractivity contribution in [3.8, 4) is 5.88 Å². The summed E-state index contributed by atoms with van der Waals surface area (Å²) in [6.45, 7) is 7.79. The van der Waals surface area contributed by atoms with E-state index in [9.17, 15) is 15.3 Å². The van der Waals surface area contributed by atoms with Gasteiger partial charge in [-0.25, -0.2) is 0 Å². The normalized spacial score (nSPS) is 27.6. The van der Waals surface area contributed by atoms with E-state index in [-0.39, 0.29) is 5.95 Å². The van der Waals surface area contributed by atoms with Gasteiger partial charge in [-0.15, -0.1) is 0 Å². The Morgan fingerprint density at radius 3 is 2.73 bits per heavy atom. The number of rotatable bonds is 5. The third-order valence-corrected chi connectivity index (χ3v) is 5.03. The fourth-order valence-electron chi connectivity index (χ4n) is 2.71. The molecule has 0 aromatic carbocycles. The molecule has 1 aromatic heterocycles.